The number of rotatable bonds is 7. The molecule has 7 nitrogen and oxygen atoms in total. The van der Waals surface area contributed by atoms with Crippen molar-refractivity contribution in [1.82, 2.24) is 14.8 Å². The molecule has 0 fully saturated rings. The van der Waals surface area contributed by atoms with Gasteiger partial charge in [-0.3, -0.25) is 9.36 Å². The van der Waals surface area contributed by atoms with Crippen molar-refractivity contribution in [2.45, 2.75) is 30.0 Å². The van der Waals surface area contributed by atoms with Crippen molar-refractivity contribution in [2.75, 3.05) is 11.9 Å². The number of nitrogens with one attached hydrogen (secondary N) is 1. The van der Waals surface area contributed by atoms with Gasteiger partial charge in [-0.15, -0.1) is 16.8 Å². The van der Waals surface area contributed by atoms with Gasteiger partial charge in [0.1, 0.15) is 6.61 Å². The molecule has 3 aromatic rings. The summed E-state index contributed by atoms with van der Waals surface area (Å²) in [6.45, 7) is 6.37. The van der Waals surface area contributed by atoms with E-state index in [9.17, 15) is 4.79 Å². The summed E-state index contributed by atoms with van der Waals surface area (Å²) in [6.07, 6.45) is 1.31. The van der Waals surface area contributed by atoms with Gasteiger partial charge in [-0.2, -0.15) is 0 Å². The first-order valence-corrected chi connectivity index (χ1v) is 11.4. The molecule has 0 saturated heterocycles. The lowest BCUT2D eigenvalue weighted by atomic mass is 10.2. The summed E-state index contributed by atoms with van der Waals surface area (Å²) in [5.41, 5.74) is 0.455. The highest BCUT2D eigenvalue weighted by Gasteiger charge is 2.29. The van der Waals surface area contributed by atoms with Crippen molar-refractivity contribution in [3.63, 3.8) is 0 Å². The van der Waals surface area contributed by atoms with Crippen molar-refractivity contribution in [3.8, 4) is 11.5 Å². The molecule has 0 saturated carbocycles. The number of carbonyl (C=O) groups excluding carboxylic acids is 1. The van der Waals surface area contributed by atoms with Gasteiger partial charge in [0, 0.05) is 11.6 Å². The molecule has 0 bridgehead atoms. The zero-order valence-electron chi connectivity index (χ0n) is 17.1. The third-order valence-electron chi connectivity index (χ3n) is 4.69. The van der Waals surface area contributed by atoms with Crippen molar-refractivity contribution in [1.29, 1.82) is 0 Å². The Morgan fingerprint density at radius 1 is 1.31 bits per heavy atom. The fourth-order valence-electron chi connectivity index (χ4n) is 3.11. The summed E-state index contributed by atoms with van der Waals surface area (Å²) in [5.74, 6) is 1.71. The van der Waals surface area contributed by atoms with Crippen LogP contribution in [0.1, 0.15) is 18.9 Å². The highest BCUT2D eigenvalue weighted by atomic mass is 35.5. The highest BCUT2D eigenvalue weighted by molar-refractivity contribution is 8.00. The average molecular weight is 491 g/mol. The molecule has 4 rings (SSSR count). The first-order valence-electron chi connectivity index (χ1n) is 9.81. The van der Waals surface area contributed by atoms with Crippen LogP contribution in [0.3, 0.4) is 0 Å². The lowest BCUT2D eigenvalue weighted by molar-refractivity contribution is -0.115. The minimum atomic E-state index is -0.477. The summed E-state index contributed by atoms with van der Waals surface area (Å²) < 4.78 is 13.8. The van der Waals surface area contributed by atoms with Crippen molar-refractivity contribution in [3.05, 3.63) is 71.0 Å². The summed E-state index contributed by atoms with van der Waals surface area (Å²) in [7, 11) is 0. The van der Waals surface area contributed by atoms with Gasteiger partial charge in [0.2, 0.25) is 5.91 Å². The molecule has 10 heteroatoms. The van der Waals surface area contributed by atoms with Crippen LogP contribution in [0, 0.1) is 0 Å². The summed E-state index contributed by atoms with van der Waals surface area (Å²) in [4.78, 5) is 12.7. The van der Waals surface area contributed by atoms with Crippen LogP contribution in [-0.2, 0) is 11.3 Å². The number of hydrogen-bond donors (Lipinski definition) is 1. The second-order valence-corrected chi connectivity index (χ2v) is 9.13. The molecule has 2 atom stereocenters. The number of halogens is 2. The number of para-hydroxylation sites is 2. The smallest absolute Gasteiger partial charge is 0.237 e. The van der Waals surface area contributed by atoms with Crippen molar-refractivity contribution < 1.29 is 14.3 Å². The number of thioether (sulfide) groups is 1. The van der Waals surface area contributed by atoms with Crippen LogP contribution >= 0.6 is 35.0 Å². The van der Waals surface area contributed by atoms with Crippen molar-refractivity contribution >= 4 is 46.6 Å². The molecule has 1 aromatic heterocycles. The first kappa shape index (κ1) is 22.5. The second kappa shape index (κ2) is 9.85. The van der Waals surface area contributed by atoms with Gasteiger partial charge in [0.25, 0.3) is 0 Å². The minimum Gasteiger partial charge on any atom is -0.485 e. The quantitative estimate of drug-likeness (QED) is 0.352. The van der Waals surface area contributed by atoms with Crippen molar-refractivity contribution in [2.24, 2.45) is 0 Å². The molecule has 2 unspecified atom stereocenters. The zero-order valence-corrected chi connectivity index (χ0v) is 19.5. The zero-order chi connectivity index (χ0) is 22.7. The van der Waals surface area contributed by atoms with E-state index in [4.69, 9.17) is 32.7 Å². The van der Waals surface area contributed by atoms with Crippen LogP contribution in [0.25, 0.3) is 0 Å². The molecule has 2 heterocycles. The normalized spacial score (nSPS) is 15.8. The largest absolute Gasteiger partial charge is 0.485 e. The Bertz CT molecular complexity index is 1150. The van der Waals surface area contributed by atoms with Gasteiger partial charge in [0.15, 0.2) is 28.6 Å². The van der Waals surface area contributed by atoms with E-state index >= 15 is 0 Å². The topological polar surface area (TPSA) is 78.3 Å². The molecule has 1 aliphatic rings. The molecule has 0 aliphatic carbocycles. The molecule has 1 N–H and O–H groups in total. The maximum absolute atomic E-state index is 12.7. The van der Waals surface area contributed by atoms with E-state index in [1.165, 1.54) is 11.8 Å². The van der Waals surface area contributed by atoms with E-state index in [1.807, 2.05) is 28.8 Å². The van der Waals surface area contributed by atoms with Gasteiger partial charge < -0.3 is 14.8 Å². The van der Waals surface area contributed by atoms with E-state index < -0.39 is 11.4 Å². The molecule has 1 amide bonds. The number of anilines is 1. The SMILES string of the molecule is C=CCn1c(SC(C)C(=O)Nc2cc(Cl)ccc2Cl)nnc1C1COc2ccccc2O1. The Labute approximate surface area is 199 Å². The Balaban J connectivity index is 1.50. The molecule has 0 radical (unpaired) electrons. The van der Waals surface area contributed by atoms with Gasteiger partial charge in [-0.25, -0.2) is 0 Å². The Hall–Kier alpha value is -2.68. The van der Waals surface area contributed by atoms with Gasteiger partial charge >= 0.3 is 0 Å². The lowest BCUT2D eigenvalue weighted by Gasteiger charge is -2.26. The van der Waals surface area contributed by atoms with E-state index in [1.54, 1.807) is 31.2 Å². The number of amides is 1. The lowest BCUT2D eigenvalue weighted by Crippen LogP contribution is -2.25. The van der Waals surface area contributed by atoms with Crippen LogP contribution < -0.4 is 14.8 Å². The molecular weight excluding hydrogens is 471 g/mol. The fraction of sp³-hybridized carbons (Fsp3) is 0.227. The molecule has 1 aliphatic heterocycles. The van der Waals surface area contributed by atoms with E-state index in [0.717, 1.165) is 0 Å². The molecule has 2 aromatic carbocycles. The molecule has 166 valence electrons. The van der Waals surface area contributed by atoms with E-state index in [2.05, 4.69) is 22.1 Å². The van der Waals surface area contributed by atoms with E-state index in [0.29, 0.717) is 51.4 Å². The van der Waals surface area contributed by atoms with Gasteiger partial charge in [-0.05, 0) is 37.3 Å². The average Bonchev–Trinajstić information content (AvgIpc) is 3.18. The molecule has 32 heavy (non-hydrogen) atoms. The predicted octanol–water partition coefficient (Wildman–Crippen LogP) is 5.40. The van der Waals surface area contributed by atoms with Gasteiger partial charge in [-0.1, -0.05) is 53.2 Å². The number of benzene rings is 2. The Kier molecular flexibility index (Phi) is 6.93. The number of carbonyl (C=O) groups is 1. The fourth-order valence-corrected chi connectivity index (χ4v) is 4.31. The van der Waals surface area contributed by atoms with Crippen LogP contribution in [0.5, 0.6) is 11.5 Å². The standard InChI is InChI=1S/C22H20Cl2N4O3S/c1-3-10-28-20(19-12-30-17-6-4-5-7-18(17)31-19)26-27-22(28)32-13(2)21(29)25-16-11-14(23)8-9-15(16)24/h3-9,11,13,19H,1,10,12H2,2H3,(H,25,29). The van der Waals surface area contributed by atoms with E-state index in [-0.39, 0.29) is 5.91 Å². The minimum absolute atomic E-state index is 0.236. The Morgan fingerprint density at radius 3 is 2.88 bits per heavy atom. The molecular formula is C22H20Cl2N4O3S. The maximum Gasteiger partial charge on any atom is 0.237 e. The maximum atomic E-state index is 12.7. The Morgan fingerprint density at radius 2 is 2.09 bits per heavy atom. The molecule has 0 spiro atoms. The first-order chi connectivity index (χ1) is 15.5. The summed E-state index contributed by atoms with van der Waals surface area (Å²) >= 11 is 13.4. The van der Waals surface area contributed by atoms with Crippen LogP contribution in [0.2, 0.25) is 10.0 Å². The highest BCUT2D eigenvalue weighted by Crippen LogP contribution is 2.36. The number of fused-ring (bicyclic) bond motifs is 1. The second-order valence-electron chi connectivity index (χ2n) is 6.98. The number of allylic oxidation sites excluding steroid dienone is 1. The summed E-state index contributed by atoms with van der Waals surface area (Å²) in [6, 6.07) is 12.4. The monoisotopic (exact) mass is 490 g/mol. The number of ether oxygens (including phenoxy) is 2. The number of aromatic nitrogens is 3. The number of hydrogen-bond acceptors (Lipinski definition) is 6. The summed E-state index contributed by atoms with van der Waals surface area (Å²) in [5, 5.41) is 12.4. The third kappa shape index (κ3) is 4.87. The predicted molar refractivity (Wildman–Crippen MR) is 126 cm³/mol. The van der Waals surface area contributed by atoms with Crippen LogP contribution in [0.15, 0.2) is 60.3 Å². The third-order valence-corrected chi connectivity index (χ3v) is 6.34. The van der Waals surface area contributed by atoms with Crippen LogP contribution in [0.4, 0.5) is 5.69 Å². The van der Waals surface area contributed by atoms with Gasteiger partial charge in [0.05, 0.1) is 16.0 Å². The van der Waals surface area contributed by atoms with Crippen LogP contribution in [-0.4, -0.2) is 32.5 Å². The number of nitrogens with zero attached hydrogens (tertiary/aromatic N) is 3.